The summed E-state index contributed by atoms with van der Waals surface area (Å²) in [6.07, 6.45) is 3.81. The molecule has 0 unspecified atom stereocenters. The summed E-state index contributed by atoms with van der Waals surface area (Å²) >= 11 is 0. The number of aliphatic carboxylic acids is 1. The molecule has 0 saturated carbocycles. The molecule has 0 bridgehead atoms. The van der Waals surface area contributed by atoms with Gasteiger partial charge >= 0.3 is 5.97 Å². The van der Waals surface area contributed by atoms with Gasteiger partial charge in [-0.2, -0.15) is 0 Å². The maximum Gasteiger partial charge on any atom is 0.331 e. The molecule has 1 aliphatic rings. The first-order valence-corrected chi connectivity index (χ1v) is 5.37. The molecular weight excluding hydrogens is 200 g/mol. The Balaban J connectivity index is 2.31. The molecule has 0 radical (unpaired) electrons. The van der Waals surface area contributed by atoms with E-state index >= 15 is 0 Å². The quantitative estimate of drug-likeness (QED) is 0.784. The van der Waals surface area contributed by atoms with Crippen LogP contribution in [-0.4, -0.2) is 11.1 Å². The lowest BCUT2D eigenvalue weighted by atomic mass is 9.83. The van der Waals surface area contributed by atoms with Crippen molar-refractivity contribution in [1.82, 2.24) is 0 Å². The van der Waals surface area contributed by atoms with Crippen molar-refractivity contribution >= 4 is 11.5 Å². The number of carboxylic acids is 1. The molecule has 2 heteroatoms. The van der Waals surface area contributed by atoms with Gasteiger partial charge in [0, 0.05) is 5.57 Å². The fourth-order valence-corrected chi connectivity index (χ4v) is 1.85. The van der Waals surface area contributed by atoms with E-state index in [1.165, 1.54) is 11.1 Å². The number of carbonyl (C=O) groups is 1. The largest absolute Gasteiger partial charge is 0.478 e. The van der Waals surface area contributed by atoms with Crippen molar-refractivity contribution in [3.05, 3.63) is 53.1 Å². The van der Waals surface area contributed by atoms with Crippen molar-refractivity contribution in [2.45, 2.75) is 19.8 Å². The molecule has 1 N–H and O–H groups in total. The lowest BCUT2D eigenvalue weighted by Crippen LogP contribution is -2.04. The Kier molecular flexibility index (Phi) is 2.91. The van der Waals surface area contributed by atoms with Crippen LogP contribution in [0.3, 0.4) is 0 Å². The third-order valence-electron chi connectivity index (χ3n) is 2.88. The van der Waals surface area contributed by atoms with E-state index < -0.39 is 5.97 Å². The molecule has 0 aromatic heterocycles. The normalized spacial score (nSPS) is 15.9. The smallest absolute Gasteiger partial charge is 0.331 e. The molecule has 1 aromatic rings. The zero-order valence-corrected chi connectivity index (χ0v) is 9.23. The van der Waals surface area contributed by atoms with Gasteiger partial charge in [-0.3, -0.25) is 0 Å². The monoisotopic (exact) mass is 214 g/mol. The second-order valence-electron chi connectivity index (χ2n) is 4.00. The lowest BCUT2D eigenvalue weighted by molar-refractivity contribution is -0.132. The number of rotatable bonds is 3. The van der Waals surface area contributed by atoms with E-state index in [1.807, 2.05) is 18.2 Å². The van der Waals surface area contributed by atoms with Crippen molar-refractivity contribution in [3.8, 4) is 0 Å². The molecule has 2 rings (SSSR count). The van der Waals surface area contributed by atoms with Gasteiger partial charge in [0.2, 0.25) is 0 Å². The standard InChI is InChI=1S/C14H14O2/c1-10(14(15)16)9-12-7-8-13(12)11-5-3-2-4-6-11/h2-6,9H,7-8H2,1H3,(H,15,16). The molecule has 1 aromatic carbocycles. The minimum atomic E-state index is -0.841. The lowest BCUT2D eigenvalue weighted by Gasteiger charge is -2.22. The van der Waals surface area contributed by atoms with Crippen LogP contribution in [0.25, 0.3) is 5.57 Å². The fraction of sp³-hybridized carbons (Fsp3) is 0.214. The van der Waals surface area contributed by atoms with Crippen LogP contribution in [0.1, 0.15) is 25.3 Å². The third-order valence-corrected chi connectivity index (χ3v) is 2.88. The summed E-state index contributed by atoms with van der Waals surface area (Å²) in [6.45, 7) is 1.64. The highest BCUT2D eigenvalue weighted by atomic mass is 16.4. The van der Waals surface area contributed by atoms with Gasteiger partial charge < -0.3 is 5.11 Å². The molecule has 0 heterocycles. The molecule has 0 atom stereocenters. The zero-order chi connectivity index (χ0) is 11.5. The van der Waals surface area contributed by atoms with Crippen molar-refractivity contribution in [3.63, 3.8) is 0 Å². The Labute approximate surface area is 94.9 Å². The van der Waals surface area contributed by atoms with E-state index in [2.05, 4.69) is 12.1 Å². The minimum Gasteiger partial charge on any atom is -0.478 e. The highest BCUT2D eigenvalue weighted by molar-refractivity contribution is 5.88. The summed E-state index contributed by atoms with van der Waals surface area (Å²) in [6, 6.07) is 10.1. The molecular formula is C14H14O2. The summed E-state index contributed by atoms with van der Waals surface area (Å²) in [5.74, 6) is -0.841. The van der Waals surface area contributed by atoms with E-state index in [-0.39, 0.29) is 0 Å². The van der Waals surface area contributed by atoms with Crippen molar-refractivity contribution in [2.75, 3.05) is 0 Å². The summed E-state index contributed by atoms with van der Waals surface area (Å²) in [7, 11) is 0. The Morgan fingerprint density at radius 3 is 2.44 bits per heavy atom. The summed E-state index contributed by atoms with van der Waals surface area (Å²) in [4.78, 5) is 10.7. The first-order chi connectivity index (χ1) is 7.68. The van der Waals surface area contributed by atoms with Gasteiger partial charge in [-0.15, -0.1) is 0 Å². The number of carboxylic acid groups (broad SMARTS) is 1. The van der Waals surface area contributed by atoms with Crippen molar-refractivity contribution in [1.29, 1.82) is 0 Å². The topological polar surface area (TPSA) is 37.3 Å². The van der Waals surface area contributed by atoms with E-state index in [1.54, 1.807) is 13.0 Å². The van der Waals surface area contributed by atoms with E-state index in [0.29, 0.717) is 5.57 Å². The van der Waals surface area contributed by atoms with E-state index in [4.69, 9.17) is 5.11 Å². The first-order valence-electron chi connectivity index (χ1n) is 5.37. The molecule has 0 saturated heterocycles. The van der Waals surface area contributed by atoms with Crippen LogP contribution in [-0.2, 0) is 4.79 Å². The van der Waals surface area contributed by atoms with Crippen LogP contribution in [0.4, 0.5) is 0 Å². The fourth-order valence-electron chi connectivity index (χ4n) is 1.85. The number of hydrogen-bond acceptors (Lipinski definition) is 1. The second-order valence-corrected chi connectivity index (χ2v) is 4.00. The van der Waals surface area contributed by atoms with Crippen molar-refractivity contribution < 1.29 is 9.90 Å². The minimum absolute atomic E-state index is 0.406. The number of benzene rings is 1. The maximum atomic E-state index is 10.7. The third kappa shape index (κ3) is 2.06. The summed E-state index contributed by atoms with van der Waals surface area (Å²) in [5, 5.41) is 8.82. The van der Waals surface area contributed by atoms with E-state index in [0.717, 1.165) is 18.4 Å². The van der Waals surface area contributed by atoms with E-state index in [9.17, 15) is 4.79 Å². The predicted molar refractivity (Wildman–Crippen MR) is 64.0 cm³/mol. The highest BCUT2D eigenvalue weighted by Crippen LogP contribution is 2.37. The molecule has 1 aliphatic carbocycles. The van der Waals surface area contributed by atoms with Gasteiger partial charge in [0.05, 0.1) is 0 Å². The molecule has 0 spiro atoms. The first kappa shape index (κ1) is 10.7. The van der Waals surface area contributed by atoms with Crippen LogP contribution in [0.5, 0.6) is 0 Å². The average Bonchev–Trinajstić information content (AvgIpc) is 2.25. The maximum absolute atomic E-state index is 10.7. The van der Waals surface area contributed by atoms with Crippen LogP contribution >= 0.6 is 0 Å². The van der Waals surface area contributed by atoms with Gasteiger partial charge in [0.15, 0.2) is 0 Å². The van der Waals surface area contributed by atoms with Gasteiger partial charge in [-0.1, -0.05) is 30.3 Å². The van der Waals surface area contributed by atoms with Gasteiger partial charge in [-0.25, -0.2) is 4.79 Å². The molecule has 16 heavy (non-hydrogen) atoms. The van der Waals surface area contributed by atoms with Crippen LogP contribution in [0.2, 0.25) is 0 Å². The highest BCUT2D eigenvalue weighted by Gasteiger charge is 2.17. The molecule has 0 fully saturated rings. The van der Waals surface area contributed by atoms with Crippen LogP contribution in [0, 0.1) is 0 Å². The molecule has 0 amide bonds. The summed E-state index contributed by atoms with van der Waals surface area (Å²) in [5.41, 5.74) is 4.05. The molecule has 0 aliphatic heterocycles. The summed E-state index contributed by atoms with van der Waals surface area (Å²) < 4.78 is 0. The Bertz CT molecular complexity index is 467. The molecule has 82 valence electrons. The second kappa shape index (κ2) is 4.35. The molecule has 2 nitrogen and oxygen atoms in total. The van der Waals surface area contributed by atoms with Crippen molar-refractivity contribution in [2.24, 2.45) is 0 Å². The SMILES string of the molecule is CC(=CC1=C(c2ccccc2)CC1)C(=O)O. The van der Waals surface area contributed by atoms with Crippen LogP contribution < -0.4 is 0 Å². The van der Waals surface area contributed by atoms with Gasteiger partial charge in [0.1, 0.15) is 0 Å². The van der Waals surface area contributed by atoms with Gasteiger partial charge in [0.25, 0.3) is 0 Å². The average molecular weight is 214 g/mol. The zero-order valence-electron chi connectivity index (χ0n) is 9.23. The Hall–Kier alpha value is -1.83. The van der Waals surface area contributed by atoms with Crippen LogP contribution in [0.15, 0.2) is 47.6 Å². The Morgan fingerprint density at radius 2 is 1.94 bits per heavy atom. The Morgan fingerprint density at radius 1 is 1.25 bits per heavy atom. The number of allylic oxidation sites excluding steroid dienone is 3. The predicted octanol–water partition coefficient (Wildman–Crippen LogP) is 3.26. The number of hydrogen-bond donors (Lipinski definition) is 1. The van der Waals surface area contributed by atoms with Gasteiger partial charge in [-0.05, 0) is 42.6 Å².